The van der Waals surface area contributed by atoms with Crippen LogP contribution in [0.2, 0.25) is 0 Å². The van der Waals surface area contributed by atoms with Crippen LogP contribution >= 0.6 is 11.8 Å². The van der Waals surface area contributed by atoms with Gasteiger partial charge in [-0.05, 0) is 36.1 Å². The summed E-state index contributed by atoms with van der Waals surface area (Å²) in [7, 11) is 0. The lowest BCUT2D eigenvalue weighted by molar-refractivity contribution is -0.116. The molecule has 8 heteroatoms. The third-order valence-electron chi connectivity index (χ3n) is 4.86. The lowest BCUT2D eigenvalue weighted by atomic mass is 10.0. The molecule has 0 fully saturated rings. The maximum Gasteiger partial charge on any atom is 0.228 e. The number of aromatic nitrogens is 3. The highest BCUT2D eigenvalue weighted by Crippen LogP contribution is 2.34. The van der Waals surface area contributed by atoms with Gasteiger partial charge in [0.15, 0.2) is 5.16 Å². The Morgan fingerprint density at radius 3 is 2.55 bits per heavy atom. The van der Waals surface area contributed by atoms with Gasteiger partial charge in [-0.2, -0.15) is 0 Å². The Morgan fingerprint density at radius 1 is 0.970 bits per heavy atom. The molecule has 0 aliphatic heterocycles. The Hall–Kier alpha value is -3.91. The van der Waals surface area contributed by atoms with Gasteiger partial charge < -0.3 is 15.6 Å². The van der Waals surface area contributed by atoms with Crippen molar-refractivity contribution in [2.45, 2.75) is 18.5 Å². The van der Waals surface area contributed by atoms with E-state index in [1.807, 2.05) is 66.9 Å². The molecule has 4 aromatic rings. The number of imidazole rings is 1. The topological polar surface area (TPSA) is 99.8 Å². The highest BCUT2D eigenvalue weighted by molar-refractivity contribution is 7.98. The summed E-state index contributed by atoms with van der Waals surface area (Å²) in [5.41, 5.74) is 4.91. The van der Waals surface area contributed by atoms with E-state index in [-0.39, 0.29) is 11.8 Å². The minimum absolute atomic E-state index is 0.0838. The first kappa shape index (κ1) is 22.3. The molecular weight excluding hydrogens is 434 g/mol. The number of anilines is 2. The number of hydrogen-bond acceptors (Lipinski definition) is 5. The second kappa shape index (κ2) is 10.1. The van der Waals surface area contributed by atoms with Crippen LogP contribution in [0.5, 0.6) is 0 Å². The number of H-pyrrole nitrogens is 1. The monoisotopic (exact) mass is 457 g/mol. The van der Waals surface area contributed by atoms with Crippen LogP contribution in [0.25, 0.3) is 22.5 Å². The summed E-state index contributed by atoms with van der Waals surface area (Å²) in [6, 6.07) is 20.9. The van der Waals surface area contributed by atoms with E-state index in [0.717, 1.165) is 33.2 Å². The Bertz CT molecular complexity index is 1290. The number of nitrogens with one attached hydrogen (secondary N) is 3. The van der Waals surface area contributed by atoms with Gasteiger partial charge in [0.2, 0.25) is 11.8 Å². The van der Waals surface area contributed by atoms with Crippen molar-refractivity contribution in [1.29, 1.82) is 0 Å². The van der Waals surface area contributed by atoms with Gasteiger partial charge in [-0.15, -0.1) is 0 Å². The van der Waals surface area contributed by atoms with Gasteiger partial charge in [-0.1, -0.05) is 54.2 Å². The van der Waals surface area contributed by atoms with E-state index in [2.05, 4.69) is 20.6 Å². The molecular formula is C25H23N5O2S. The van der Waals surface area contributed by atoms with Crippen molar-refractivity contribution in [2.75, 3.05) is 16.9 Å². The van der Waals surface area contributed by atoms with Crippen LogP contribution < -0.4 is 10.6 Å². The number of nitrogens with zero attached hydrogens (tertiary/aromatic N) is 2. The van der Waals surface area contributed by atoms with Crippen molar-refractivity contribution in [3.8, 4) is 22.5 Å². The smallest absolute Gasteiger partial charge is 0.228 e. The molecule has 2 aromatic heterocycles. The molecule has 2 aromatic carbocycles. The van der Waals surface area contributed by atoms with Crippen LogP contribution in [0.4, 0.5) is 11.5 Å². The van der Waals surface area contributed by atoms with Crippen molar-refractivity contribution >= 4 is 35.1 Å². The minimum Gasteiger partial charge on any atom is -0.332 e. The molecule has 3 N–H and O–H groups in total. The third kappa shape index (κ3) is 5.67. The number of pyridine rings is 1. The van der Waals surface area contributed by atoms with Crippen molar-refractivity contribution in [2.24, 2.45) is 0 Å². The number of aromatic amines is 1. The normalized spacial score (nSPS) is 10.6. The van der Waals surface area contributed by atoms with Gasteiger partial charge in [0.05, 0.1) is 17.8 Å². The van der Waals surface area contributed by atoms with Crippen LogP contribution in [0.3, 0.4) is 0 Å². The number of carbonyl (C=O) groups is 2. The summed E-state index contributed by atoms with van der Waals surface area (Å²) >= 11 is 1.50. The van der Waals surface area contributed by atoms with Crippen LogP contribution in [0.15, 0.2) is 78.1 Å². The zero-order valence-corrected chi connectivity index (χ0v) is 19.1. The number of hydrogen-bond donors (Lipinski definition) is 3. The van der Waals surface area contributed by atoms with Crippen molar-refractivity contribution in [3.05, 3.63) is 78.5 Å². The summed E-state index contributed by atoms with van der Waals surface area (Å²) in [5, 5.41) is 6.44. The Kier molecular flexibility index (Phi) is 6.85. The zero-order valence-electron chi connectivity index (χ0n) is 18.3. The highest BCUT2D eigenvalue weighted by atomic mass is 32.2. The van der Waals surface area contributed by atoms with Crippen LogP contribution in [-0.2, 0) is 16.0 Å². The molecule has 2 amide bonds. The molecule has 0 saturated heterocycles. The van der Waals surface area contributed by atoms with E-state index in [0.29, 0.717) is 17.9 Å². The first-order valence-corrected chi connectivity index (χ1v) is 11.6. The Labute approximate surface area is 196 Å². The maximum atomic E-state index is 12.5. The van der Waals surface area contributed by atoms with Crippen LogP contribution in [-0.4, -0.2) is 33.0 Å². The lowest BCUT2D eigenvalue weighted by Gasteiger charge is -2.09. The van der Waals surface area contributed by atoms with Gasteiger partial charge >= 0.3 is 0 Å². The molecule has 0 spiro atoms. The summed E-state index contributed by atoms with van der Waals surface area (Å²) in [6.45, 7) is 1.44. The summed E-state index contributed by atoms with van der Waals surface area (Å²) in [6.07, 6.45) is 3.89. The Morgan fingerprint density at radius 2 is 1.79 bits per heavy atom. The van der Waals surface area contributed by atoms with E-state index in [1.54, 1.807) is 12.3 Å². The summed E-state index contributed by atoms with van der Waals surface area (Å²) < 4.78 is 0. The quantitative estimate of drug-likeness (QED) is 0.339. The molecule has 0 aliphatic carbocycles. The average Bonchev–Trinajstić information content (AvgIpc) is 3.24. The SMILES string of the molecule is CSc1nc(-c2cccc(NC(=O)Cc3ccccc3)c2)c(-c2ccnc(NC(C)=O)c2)[nH]1. The molecule has 0 unspecified atom stereocenters. The number of benzene rings is 2. The van der Waals surface area contributed by atoms with Gasteiger partial charge in [0.25, 0.3) is 0 Å². The van der Waals surface area contributed by atoms with Crippen molar-refractivity contribution in [1.82, 2.24) is 15.0 Å². The number of amides is 2. The molecule has 33 heavy (non-hydrogen) atoms. The zero-order chi connectivity index (χ0) is 23.2. The highest BCUT2D eigenvalue weighted by Gasteiger charge is 2.16. The first-order chi connectivity index (χ1) is 16.0. The molecule has 0 bridgehead atoms. The van der Waals surface area contributed by atoms with Crippen molar-refractivity contribution in [3.63, 3.8) is 0 Å². The Balaban J connectivity index is 1.63. The molecule has 4 rings (SSSR count). The van der Waals surface area contributed by atoms with Gasteiger partial charge in [-0.3, -0.25) is 9.59 Å². The predicted octanol–water partition coefficient (Wildman–Crippen LogP) is 5.00. The molecule has 0 atom stereocenters. The fourth-order valence-electron chi connectivity index (χ4n) is 3.43. The van der Waals surface area contributed by atoms with Crippen molar-refractivity contribution < 1.29 is 9.59 Å². The fourth-order valence-corrected chi connectivity index (χ4v) is 3.82. The van der Waals surface area contributed by atoms with Gasteiger partial charge in [0.1, 0.15) is 5.82 Å². The molecule has 0 saturated carbocycles. The maximum absolute atomic E-state index is 12.5. The minimum atomic E-state index is -0.187. The molecule has 166 valence electrons. The van der Waals surface area contributed by atoms with E-state index in [9.17, 15) is 9.59 Å². The molecule has 7 nitrogen and oxygen atoms in total. The summed E-state index contributed by atoms with van der Waals surface area (Å²) in [4.78, 5) is 36.2. The second-order valence-electron chi connectivity index (χ2n) is 7.37. The van der Waals surface area contributed by atoms with Gasteiger partial charge in [-0.25, -0.2) is 9.97 Å². The van der Waals surface area contributed by atoms with Crippen LogP contribution in [0.1, 0.15) is 12.5 Å². The average molecular weight is 458 g/mol. The molecule has 0 aliphatic rings. The van der Waals surface area contributed by atoms with E-state index in [1.165, 1.54) is 18.7 Å². The predicted molar refractivity (Wildman–Crippen MR) is 132 cm³/mol. The molecule has 0 radical (unpaired) electrons. The third-order valence-corrected chi connectivity index (χ3v) is 5.44. The van der Waals surface area contributed by atoms with Gasteiger partial charge in [0, 0.05) is 29.9 Å². The van der Waals surface area contributed by atoms with E-state index < -0.39 is 0 Å². The summed E-state index contributed by atoms with van der Waals surface area (Å²) in [5.74, 6) is 0.195. The first-order valence-electron chi connectivity index (χ1n) is 10.3. The second-order valence-corrected chi connectivity index (χ2v) is 8.17. The number of rotatable bonds is 7. The lowest BCUT2D eigenvalue weighted by Crippen LogP contribution is -2.14. The van der Waals surface area contributed by atoms with E-state index >= 15 is 0 Å². The largest absolute Gasteiger partial charge is 0.332 e. The van der Waals surface area contributed by atoms with E-state index in [4.69, 9.17) is 4.98 Å². The molecule has 2 heterocycles. The fraction of sp³-hybridized carbons (Fsp3) is 0.120. The standard InChI is InChI=1S/C25H23N5O2S/c1-16(31)27-21-15-19(11-12-26-21)24-23(29-25(30-24)33-2)18-9-6-10-20(14-18)28-22(32)13-17-7-4-3-5-8-17/h3-12,14-15H,13H2,1-2H3,(H,28,32)(H,29,30)(H,26,27,31). The number of carbonyl (C=O) groups excluding carboxylic acids is 2. The van der Waals surface area contributed by atoms with Crippen LogP contribution in [0, 0.1) is 0 Å². The number of thioether (sulfide) groups is 1.